The van der Waals surface area contributed by atoms with Gasteiger partial charge >= 0.3 is 0 Å². The molecule has 0 unspecified atom stereocenters. The third kappa shape index (κ3) is 9.11. The van der Waals surface area contributed by atoms with Crippen LogP contribution in [-0.2, 0) is 31.0 Å². The Balaban J connectivity index is 1.22. The number of fused-ring (bicyclic) bond motifs is 1. The van der Waals surface area contributed by atoms with E-state index in [-0.39, 0.29) is 37.8 Å². The topological polar surface area (TPSA) is 160 Å². The molecule has 12 nitrogen and oxygen atoms in total. The molecule has 3 aliphatic rings. The number of ketones is 1. The fourth-order valence-electron chi connectivity index (χ4n) is 6.71. The average molecular weight is 763 g/mol. The Morgan fingerprint density at radius 1 is 1.14 bits per heavy atom. The van der Waals surface area contributed by atoms with E-state index < -0.39 is 57.7 Å². The molecule has 2 amide bonds. The fraction of sp³-hybridized carbons (Fsp3) is 0.529. The van der Waals surface area contributed by atoms with Crippen molar-refractivity contribution in [1.82, 2.24) is 25.2 Å². The number of nitrogens with one attached hydrogen (secondary N) is 3. The number of halogens is 2. The second-order valence-corrected chi connectivity index (χ2v) is 16.0. The number of aromatic nitrogens is 1. The quantitative estimate of drug-likeness (QED) is 0.208. The van der Waals surface area contributed by atoms with E-state index in [4.69, 9.17) is 9.15 Å². The summed E-state index contributed by atoms with van der Waals surface area (Å²) in [5.74, 6) is -1.92. The predicted molar refractivity (Wildman–Crippen MR) is 182 cm³/mol. The Hall–Kier alpha value is -3.24. The first-order chi connectivity index (χ1) is 23.4. The lowest BCUT2D eigenvalue weighted by Crippen LogP contribution is -2.55. The van der Waals surface area contributed by atoms with Crippen LogP contribution in [0, 0.1) is 17.7 Å². The van der Waals surface area contributed by atoms with Gasteiger partial charge in [-0.25, -0.2) is 22.5 Å². The monoisotopic (exact) mass is 761 g/mol. The van der Waals surface area contributed by atoms with Crippen LogP contribution in [0.1, 0.15) is 61.2 Å². The van der Waals surface area contributed by atoms with Crippen molar-refractivity contribution in [3.8, 4) is 0 Å². The lowest BCUT2D eigenvalue weighted by atomic mass is 9.91. The molecule has 0 spiro atoms. The van der Waals surface area contributed by atoms with Gasteiger partial charge < -0.3 is 24.7 Å². The highest BCUT2D eigenvalue weighted by molar-refractivity contribution is 9.10. The van der Waals surface area contributed by atoms with Crippen molar-refractivity contribution in [2.75, 3.05) is 25.9 Å². The Kier molecular flexibility index (Phi) is 11.1. The molecule has 4 atom stereocenters. The molecule has 1 aromatic heterocycles. The van der Waals surface area contributed by atoms with E-state index in [1.165, 1.54) is 11.0 Å². The maximum Gasteiger partial charge on any atom is 0.266 e. The van der Waals surface area contributed by atoms with Crippen LogP contribution < -0.4 is 15.4 Å². The molecule has 15 heteroatoms. The van der Waals surface area contributed by atoms with Crippen molar-refractivity contribution in [1.29, 1.82) is 0 Å². The number of oxazole rings is 1. The van der Waals surface area contributed by atoms with E-state index in [0.717, 1.165) is 45.0 Å². The molecule has 49 heavy (non-hydrogen) atoms. The van der Waals surface area contributed by atoms with Crippen LogP contribution >= 0.6 is 15.9 Å². The van der Waals surface area contributed by atoms with Gasteiger partial charge in [0.1, 0.15) is 29.5 Å². The van der Waals surface area contributed by atoms with Crippen LogP contribution in [0.5, 0.6) is 0 Å². The van der Waals surface area contributed by atoms with Crippen LogP contribution in [0.3, 0.4) is 0 Å². The summed E-state index contributed by atoms with van der Waals surface area (Å²) in [5, 5.41) is 6.19. The lowest BCUT2D eigenvalue weighted by molar-refractivity contribution is -0.140. The summed E-state index contributed by atoms with van der Waals surface area (Å²) in [6.45, 7) is 1.61. The van der Waals surface area contributed by atoms with Crippen molar-refractivity contribution in [2.45, 2.75) is 75.8 Å². The van der Waals surface area contributed by atoms with E-state index in [2.05, 4.69) is 36.3 Å². The summed E-state index contributed by atoms with van der Waals surface area (Å²) < 4.78 is 54.3. The van der Waals surface area contributed by atoms with Crippen molar-refractivity contribution in [2.24, 2.45) is 11.8 Å². The molecule has 0 bridgehead atoms. The zero-order valence-electron chi connectivity index (χ0n) is 27.2. The van der Waals surface area contributed by atoms with Crippen molar-refractivity contribution in [3.05, 3.63) is 64.2 Å². The van der Waals surface area contributed by atoms with Gasteiger partial charge in [-0.3, -0.25) is 14.4 Å². The van der Waals surface area contributed by atoms with Crippen LogP contribution in [-0.4, -0.2) is 86.0 Å². The van der Waals surface area contributed by atoms with E-state index >= 15 is 0 Å². The Bertz CT molecular complexity index is 1760. The van der Waals surface area contributed by atoms with Crippen LogP contribution in [0.25, 0.3) is 11.1 Å². The van der Waals surface area contributed by atoms with Gasteiger partial charge in [-0.05, 0) is 87.7 Å². The summed E-state index contributed by atoms with van der Waals surface area (Å²) >= 11 is 3.25. The standard InChI is InChI=1S/C34H41BrFN5O7S/c1-49(45,46)40-27(11-6-20-12-14-37-15-13-20)34(44)41-18-24(47-19-22-9-10-23(35)16-25(22)36)17-28(41)32(43)39-30(21-7-8-21)31(42)33-38-26-4-2-3-5-29(26)48-33/h2-5,9-10,16,20-21,24,27-28,30,37,40H,6-8,11-15,17-19H2,1H3,(H,39,43)/t24-,27-,28+,30+/m1/s1. The minimum absolute atomic E-state index is 0.0163. The smallest absolute Gasteiger partial charge is 0.266 e. The Morgan fingerprint density at radius 2 is 1.90 bits per heavy atom. The minimum atomic E-state index is -3.78. The first-order valence-electron chi connectivity index (χ1n) is 16.7. The van der Waals surface area contributed by atoms with Gasteiger partial charge in [-0.1, -0.05) is 34.1 Å². The number of carbonyl (C=O) groups excluding carboxylic acids is 3. The molecule has 2 aromatic carbocycles. The summed E-state index contributed by atoms with van der Waals surface area (Å²) in [4.78, 5) is 47.6. The molecule has 2 aliphatic heterocycles. The first-order valence-corrected chi connectivity index (χ1v) is 19.4. The summed E-state index contributed by atoms with van der Waals surface area (Å²) in [7, 11) is -3.78. The highest BCUT2D eigenvalue weighted by atomic mass is 79.9. The summed E-state index contributed by atoms with van der Waals surface area (Å²) in [5.41, 5.74) is 1.29. The molecule has 6 rings (SSSR count). The largest absolute Gasteiger partial charge is 0.434 e. The van der Waals surface area contributed by atoms with Gasteiger partial charge in [0.05, 0.1) is 19.0 Å². The van der Waals surface area contributed by atoms with Gasteiger partial charge in [-0.15, -0.1) is 0 Å². The number of sulfonamides is 1. The van der Waals surface area contributed by atoms with Crippen LogP contribution in [0.15, 0.2) is 51.4 Å². The number of hydrogen-bond donors (Lipinski definition) is 3. The second-order valence-electron chi connectivity index (χ2n) is 13.3. The van der Waals surface area contributed by atoms with Crippen LogP contribution in [0.2, 0.25) is 0 Å². The van der Waals surface area contributed by atoms with Crippen LogP contribution in [0.4, 0.5) is 4.39 Å². The molecule has 2 saturated heterocycles. The number of ether oxygens (including phenoxy) is 1. The number of carbonyl (C=O) groups is 3. The number of nitrogens with zero attached hydrogens (tertiary/aromatic N) is 2. The molecular weight excluding hydrogens is 721 g/mol. The SMILES string of the molecule is CS(=O)(=O)N[C@H](CCC1CCNCC1)C(=O)N1C[C@H](OCc2ccc(Br)cc2F)C[C@H]1C(=O)N[C@H](C(=O)c1nc2ccccc2o1)C1CC1. The zero-order chi connectivity index (χ0) is 34.7. The number of benzene rings is 2. The number of rotatable bonds is 14. The Labute approximate surface area is 293 Å². The van der Waals surface area contributed by atoms with E-state index in [1.807, 2.05) is 0 Å². The van der Waals surface area contributed by atoms with Gasteiger partial charge in [0, 0.05) is 23.0 Å². The van der Waals surface area contributed by atoms with Gasteiger partial charge in [0.15, 0.2) is 5.58 Å². The molecule has 1 aliphatic carbocycles. The maximum absolute atomic E-state index is 14.6. The summed E-state index contributed by atoms with van der Waals surface area (Å²) in [6.07, 6.45) is 4.62. The van der Waals surface area contributed by atoms with E-state index in [1.54, 1.807) is 36.4 Å². The molecule has 0 radical (unpaired) electrons. The van der Waals surface area contributed by atoms with Gasteiger partial charge in [0.2, 0.25) is 27.6 Å². The third-order valence-electron chi connectivity index (χ3n) is 9.49. The molecule has 1 saturated carbocycles. The van der Waals surface area contributed by atoms with Crippen molar-refractivity contribution in [3.63, 3.8) is 0 Å². The second kappa shape index (κ2) is 15.3. The minimum Gasteiger partial charge on any atom is -0.434 e. The molecule has 3 fully saturated rings. The molecule has 3 aromatic rings. The molecule has 3 N–H and O–H groups in total. The van der Waals surface area contributed by atoms with Crippen molar-refractivity contribution < 1.29 is 36.3 Å². The zero-order valence-corrected chi connectivity index (χ0v) is 29.6. The first kappa shape index (κ1) is 35.6. The number of amides is 2. The van der Waals surface area contributed by atoms with E-state index in [9.17, 15) is 27.2 Å². The number of hydrogen-bond acceptors (Lipinski definition) is 9. The summed E-state index contributed by atoms with van der Waals surface area (Å²) in [6, 6.07) is 8.53. The lowest BCUT2D eigenvalue weighted by Gasteiger charge is -2.30. The van der Waals surface area contributed by atoms with Crippen molar-refractivity contribution >= 4 is 54.7 Å². The highest BCUT2D eigenvalue weighted by Gasteiger charge is 2.46. The third-order valence-corrected chi connectivity index (χ3v) is 10.7. The maximum atomic E-state index is 14.6. The Morgan fingerprint density at radius 3 is 2.59 bits per heavy atom. The van der Waals surface area contributed by atoms with Gasteiger partial charge in [-0.2, -0.15) is 0 Å². The average Bonchev–Trinajstić information content (AvgIpc) is 3.67. The van der Waals surface area contributed by atoms with E-state index in [0.29, 0.717) is 33.5 Å². The number of Topliss-reactive ketones (excluding diaryl/α,β-unsaturated/α-hetero) is 1. The number of likely N-dealkylation sites (tertiary alicyclic amines) is 1. The normalized spacial score (nSPS) is 21.5. The van der Waals surface area contributed by atoms with Gasteiger partial charge in [0.25, 0.3) is 5.89 Å². The fourth-order valence-corrected chi connectivity index (χ4v) is 7.78. The predicted octanol–water partition coefficient (Wildman–Crippen LogP) is 3.69. The molecule has 3 heterocycles. The number of para-hydroxylation sites is 2. The molecule has 264 valence electrons. The molecular formula is C34H41BrFN5O7S. The number of piperidine rings is 1. The highest BCUT2D eigenvalue weighted by Crippen LogP contribution is 2.35.